The van der Waals surface area contributed by atoms with Crippen LogP contribution in [0.4, 0.5) is 4.79 Å². The minimum absolute atomic E-state index is 0.0613. The summed E-state index contributed by atoms with van der Waals surface area (Å²) < 4.78 is 5.36. The van der Waals surface area contributed by atoms with Crippen molar-refractivity contribution in [3.63, 3.8) is 0 Å². The maximum absolute atomic E-state index is 12.4. The van der Waals surface area contributed by atoms with Crippen molar-refractivity contribution >= 4 is 11.9 Å². The lowest BCUT2D eigenvalue weighted by Crippen LogP contribution is -2.45. The number of amides is 3. The molecule has 0 spiro atoms. The van der Waals surface area contributed by atoms with Gasteiger partial charge in [0.05, 0.1) is 5.92 Å². The summed E-state index contributed by atoms with van der Waals surface area (Å²) in [5.74, 6) is 1.37. The Bertz CT molecular complexity index is 784. The van der Waals surface area contributed by atoms with Crippen molar-refractivity contribution in [1.29, 1.82) is 0 Å². The maximum Gasteiger partial charge on any atom is 0.317 e. The number of carbonyl (C=O) groups excluding carboxylic acids is 2. The summed E-state index contributed by atoms with van der Waals surface area (Å²) in [5.41, 5.74) is 0.897. The third kappa shape index (κ3) is 5.09. The van der Waals surface area contributed by atoms with Crippen LogP contribution in [-0.4, -0.2) is 53.7 Å². The van der Waals surface area contributed by atoms with Gasteiger partial charge in [-0.3, -0.25) is 4.79 Å². The van der Waals surface area contributed by atoms with Crippen LogP contribution in [0.1, 0.15) is 38.0 Å². The van der Waals surface area contributed by atoms with E-state index in [2.05, 4.69) is 20.8 Å². The molecule has 3 rings (SSSR count). The van der Waals surface area contributed by atoms with Gasteiger partial charge in [-0.05, 0) is 18.8 Å². The number of rotatable bonds is 6. The number of benzene rings is 1. The topological polar surface area (TPSA) is 100 Å². The zero-order valence-electron chi connectivity index (χ0n) is 16.4. The molecule has 0 bridgehead atoms. The van der Waals surface area contributed by atoms with Gasteiger partial charge in [0.1, 0.15) is 0 Å². The van der Waals surface area contributed by atoms with Crippen molar-refractivity contribution in [2.24, 2.45) is 5.92 Å². The van der Waals surface area contributed by atoms with Crippen molar-refractivity contribution in [2.75, 3.05) is 26.7 Å². The number of piperidine rings is 1. The number of hydrogen-bond acceptors (Lipinski definition) is 5. The average molecular weight is 385 g/mol. The van der Waals surface area contributed by atoms with Crippen LogP contribution in [0.2, 0.25) is 0 Å². The van der Waals surface area contributed by atoms with Crippen LogP contribution in [0.15, 0.2) is 34.9 Å². The lowest BCUT2D eigenvalue weighted by Gasteiger charge is -2.31. The highest BCUT2D eigenvalue weighted by Gasteiger charge is 2.25. The lowest BCUT2D eigenvalue weighted by atomic mass is 9.93. The summed E-state index contributed by atoms with van der Waals surface area (Å²) in [5, 5.41) is 9.62. The smallest absolute Gasteiger partial charge is 0.317 e. The summed E-state index contributed by atoms with van der Waals surface area (Å²) in [6.45, 7) is 3.70. The van der Waals surface area contributed by atoms with E-state index in [0.717, 1.165) is 18.4 Å². The van der Waals surface area contributed by atoms with Gasteiger partial charge in [-0.2, -0.15) is 4.98 Å². The Morgan fingerprint density at radius 1 is 1.25 bits per heavy atom. The number of urea groups is 1. The van der Waals surface area contributed by atoms with Crippen molar-refractivity contribution in [3.8, 4) is 11.4 Å². The fraction of sp³-hybridized carbons (Fsp3) is 0.500. The molecule has 2 N–H and O–H groups in total. The molecule has 0 aliphatic carbocycles. The summed E-state index contributed by atoms with van der Waals surface area (Å²) >= 11 is 0. The number of aromatic nitrogens is 2. The van der Waals surface area contributed by atoms with Crippen LogP contribution < -0.4 is 10.6 Å². The highest BCUT2D eigenvalue weighted by molar-refractivity contribution is 5.76. The van der Waals surface area contributed by atoms with E-state index in [0.29, 0.717) is 43.7 Å². The van der Waals surface area contributed by atoms with Crippen LogP contribution in [-0.2, 0) is 4.79 Å². The van der Waals surface area contributed by atoms with Gasteiger partial charge < -0.3 is 20.1 Å². The Balaban J connectivity index is 1.45. The normalized spacial score (nSPS) is 15.9. The molecule has 0 radical (unpaired) electrons. The molecule has 1 saturated heterocycles. The van der Waals surface area contributed by atoms with Gasteiger partial charge in [0.15, 0.2) is 0 Å². The van der Waals surface area contributed by atoms with E-state index in [1.165, 1.54) is 0 Å². The summed E-state index contributed by atoms with van der Waals surface area (Å²) in [7, 11) is 1.65. The third-order valence-electron chi connectivity index (χ3n) is 5.11. The average Bonchev–Trinajstić information content (AvgIpc) is 3.23. The van der Waals surface area contributed by atoms with E-state index >= 15 is 0 Å². The Labute approximate surface area is 164 Å². The van der Waals surface area contributed by atoms with E-state index in [-0.39, 0.29) is 17.9 Å². The molecule has 2 heterocycles. The molecule has 1 fully saturated rings. The zero-order valence-corrected chi connectivity index (χ0v) is 16.4. The molecule has 150 valence electrons. The molecule has 8 heteroatoms. The Hall–Kier alpha value is -2.90. The monoisotopic (exact) mass is 385 g/mol. The summed E-state index contributed by atoms with van der Waals surface area (Å²) in [6.07, 6.45) is 2.23. The molecule has 1 atom stereocenters. The van der Waals surface area contributed by atoms with Gasteiger partial charge >= 0.3 is 6.03 Å². The second kappa shape index (κ2) is 9.34. The molecule has 3 amide bonds. The highest BCUT2D eigenvalue weighted by Crippen LogP contribution is 2.21. The second-order valence-corrected chi connectivity index (χ2v) is 7.22. The molecular weight excluding hydrogens is 358 g/mol. The fourth-order valence-corrected chi connectivity index (χ4v) is 3.28. The number of hydrogen-bond donors (Lipinski definition) is 2. The SMILES string of the molecule is CNC(=O)CC1CCN(C(=O)NCC(C)c2nc(-c3ccccc3)no2)CC1. The molecule has 1 unspecified atom stereocenters. The van der Waals surface area contributed by atoms with E-state index in [1.54, 1.807) is 11.9 Å². The van der Waals surface area contributed by atoms with Crippen molar-refractivity contribution in [3.05, 3.63) is 36.2 Å². The van der Waals surface area contributed by atoms with E-state index < -0.39 is 0 Å². The first kappa shape index (κ1) is 19.9. The van der Waals surface area contributed by atoms with Crippen molar-refractivity contribution < 1.29 is 14.1 Å². The molecule has 0 saturated carbocycles. The zero-order chi connectivity index (χ0) is 19.9. The van der Waals surface area contributed by atoms with Gasteiger partial charge in [0.25, 0.3) is 0 Å². The lowest BCUT2D eigenvalue weighted by molar-refractivity contribution is -0.121. The fourth-order valence-electron chi connectivity index (χ4n) is 3.28. The molecule has 8 nitrogen and oxygen atoms in total. The number of carbonyl (C=O) groups is 2. The van der Waals surface area contributed by atoms with E-state index in [9.17, 15) is 9.59 Å². The summed E-state index contributed by atoms with van der Waals surface area (Å²) in [6, 6.07) is 9.54. The van der Waals surface area contributed by atoms with Crippen LogP contribution in [0.5, 0.6) is 0 Å². The van der Waals surface area contributed by atoms with Crippen LogP contribution >= 0.6 is 0 Å². The molecule has 28 heavy (non-hydrogen) atoms. The first-order valence-electron chi connectivity index (χ1n) is 9.69. The number of nitrogens with zero attached hydrogens (tertiary/aromatic N) is 3. The predicted molar refractivity (Wildman–Crippen MR) is 105 cm³/mol. The molecular formula is C20H27N5O3. The highest BCUT2D eigenvalue weighted by atomic mass is 16.5. The Morgan fingerprint density at radius 2 is 1.96 bits per heavy atom. The largest absolute Gasteiger partial charge is 0.359 e. The van der Waals surface area contributed by atoms with E-state index in [1.807, 2.05) is 37.3 Å². The van der Waals surface area contributed by atoms with Gasteiger partial charge in [0, 0.05) is 38.7 Å². The Morgan fingerprint density at radius 3 is 2.64 bits per heavy atom. The van der Waals surface area contributed by atoms with Gasteiger partial charge in [-0.25, -0.2) is 4.79 Å². The molecule has 1 aliphatic heterocycles. The third-order valence-corrected chi connectivity index (χ3v) is 5.11. The van der Waals surface area contributed by atoms with E-state index in [4.69, 9.17) is 4.52 Å². The molecule has 1 aromatic carbocycles. The standard InChI is InChI=1S/C20H27N5O3/c1-14(19-23-18(24-28-19)16-6-4-3-5-7-16)13-22-20(27)25-10-8-15(9-11-25)12-17(26)21-2/h3-7,14-15H,8-13H2,1-2H3,(H,21,26)(H,22,27). The minimum Gasteiger partial charge on any atom is -0.359 e. The Kier molecular flexibility index (Phi) is 6.62. The minimum atomic E-state index is -0.0898. The second-order valence-electron chi connectivity index (χ2n) is 7.22. The molecule has 2 aromatic rings. The molecule has 1 aliphatic rings. The summed E-state index contributed by atoms with van der Waals surface area (Å²) in [4.78, 5) is 30.1. The molecule has 1 aromatic heterocycles. The van der Waals surface area contributed by atoms with Gasteiger partial charge in [-0.15, -0.1) is 0 Å². The van der Waals surface area contributed by atoms with Crippen LogP contribution in [0, 0.1) is 5.92 Å². The van der Waals surface area contributed by atoms with Gasteiger partial charge in [-0.1, -0.05) is 42.4 Å². The first-order chi connectivity index (χ1) is 13.6. The van der Waals surface area contributed by atoms with Crippen LogP contribution in [0.3, 0.4) is 0 Å². The van der Waals surface area contributed by atoms with Crippen LogP contribution in [0.25, 0.3) is 11.4 Å². The first-order valence-corrected chi connectivity index (χ1v) is 9.69. The number of likely N-dealkylation sites (tertiary alicyclic amines) is 1. The predicted octanol–water partition coefficient (Wildman–Crippen LogP) is 2.40. The maximum atomic E-state index is 12.4. The van der Waals surface area contributed by atoms with Crippen molar-refractivity contribution in [1.82, 2.24) is 25.7 Å². The quantitative estimate of drug-likeness (QED) is 0.795. The van der Waals surface area contributed by atoms with Crippen molar-refractivity contribution in [2.45, 2.75) is 32.1 Å². The van der Waals surface area contributed by atoms with Gasteiger partial charge in [0.2, 0.25) is 17.6 Å². The number of nitrogens with one attached hydrogen (secondary N) is 2.